The predicted molar refractivity (Wildman–Crippen MR) is 190 cm³/mol. The molecule has 3 aliphatic heterocycles. The van der Waals surface area contributed by atoms with Crippen molar-refractivity contribution in [1.82, 2.24) is 14.7 Å². The molecular weight excluding hydrogens is 556 g/mol. The minimum absolute atomic E-state index is 0.0580. The van der Waals surface area contributed by atoms with Gasteiger partial charge in [-0.15, -0.1) is 0 Å². The SMILES string of the molecule is Cc1cc(C)cc(-c2ccc(N3CCN(C)CC3)c(C(=O)/C=C/c3ccc(N4CCN(C)CC4)cc3N3CCN(C)CC3)c2)c1. The van der Waals surface area contributed by atoms with Gasteiger partial charge in [-0.1, -0.05) is 41.5 Å². The molecular formula is C38H50N6O. The Kier molecular flexibility index (Phi) is 9.59. The second-order valence-electron chi connectivity index (χ2n) is 13.4. The first-order chi connectivity index (χ1) is 21.7. The Hall–Kier alpha value is -3.65. The molecule has 0 N–H and O–H groups in total. The summed E-state index contributed by atoms with van der Waals surface area (Å²) in [6.07, 6.45) is 3.87. The highest BCUT2D eigenvalue weighted by molar-refractivity contribution is 6.11. The van der Waals surface area contributed by atoms with Crippen LogP contribution >= 0.6 is 0 Å². The van der Waals surface area contributed by atoms with E-state index in [9.17, 15) is 4.79 Å². The summed E-state index contributed by atoms with van der Waals surface area (Å²) < 4.78 is 0. The monoisotopic (exact) mass is 606 g/mol. The largest absolute Gasteiger partial charge is 0.369 e. The molecule has 0 bridgehead atoms. The zero-order valence-corrected chi connectivity index (χ0v) is 27.9. The molecule has 0 aromatic heterocycles. The lowest BCUT2D eigenvalue weighted by Crippen LogP contribution is -2.45. The fraction of sp³-hybridized carbons (Fsp3) is 0.447. The first-order valence-corrected chi connectivity index (χ1v) is 16.6. The molecule has 45 heavy (non-hydrogen) atoms. The van der Waals surface area contributed by atoms with E-state index in [0.29, 0.717) is 0 Å². The Labute approximate surface area is 270 Å². The van der Waals surface area contributed by atoms with Gasteiger partial charge in [0.1, 0.15) is 0 Å². The summed E-state index contributed by atoms with van der Waals surface area (Å²) in [6.45, 7) is 16.4. The van der Waals surface area contributed by atoms with E-state index in [0.717, 1.165) is 106 Å². The van der Waals surface area contributed by atoms with Gasteiger partial charge in [-0.05, 0) is 88.1 Å². The Bertz CT molecular complexity index is 1500. The molecule has 7 heteroatoms. The van der Waals surface area contributed by atoms with Crippen molar-refractivity contribution in [3.63, 3.8) is 0 Å². The number of allylic oxidation sites excluding steroid dienone is 1. The lowest BCUT2D eigenvalue weighted by atomic mass is 9.96. The van der Waals surface area contributed by atoms with Gasteiger partial charge in [0.2, 0.25) is 0 Å². The van der Waals surface area contributed by atoms with Crippen molar-refractivity contribution in [2.24, 2.45) is 0 Å². The van der Waals surface area contributed by atoms with Gasteiger partial charge in [0, 0.05) is 101 Å². The van der Waals surface area contributed by atoms with Gasteiger partial charge in [-0.2, -0.15) is 0 Å². The Morgan fingerprint density at radius 2 is 1.09 bits per heavy atom. The number of piperazine rings is 3. The Balaban J connectivity index is 1.34. The fourth-order valence-corrected chi connectivity index (χ4v) is 6.89. The number of carbonyl (C=O) groups excluding carboxylic acids is 1. The second-order valence-corrected chi connectivity index (χ2v) is 13.4. The molecule has 0 saturated carbocycles. The first kappa shape index (κ1) is 31.3. The van der Waals surface area contributed by atoms with Crippen LogP contribution in [0.15, 0.2) is 60.7 Å². The van der Waals surface area contributed by atoms with Crippen molar-refractivity contribution in [2.75, 3.05) is 114 Å². The van der Waals surface area contributed by atoms with Gasteiger partial charge in [0.25, 0.3) is 0 Å². The quantitative estimate of drug-likeness (QED) is 0.273. The van der Waals surface area contributed by atoms with Gasteiger partial charge in [0.05, 0.1) is 0 Å². The molecule has 0 atom stereocenters. The molecule has 0 spiro atoms. The molecule has 0 unspecified atom stereocenters. The second kappa shape index (κ2) is 13.8. The van der Waals surface area contributed by atoms with Gasteiger partial charge < -0.3 is 29.4 Å². The molecule has 0 radical (unpaired) electrons. The summed E-state index contributed by atoms with van der Waals surface area (Å²) in [4.78, 5) is 28.7. The number of hydrogen-bond acceptors (Lipinski definition) is 7. The van der Waals surface area contributed by atoms with Crippen LogP contribution in [-0.4, -0.2) is 120 Å². The van der Waals surface area contributed by atoms with E-state index in [1.807, 2.05) is 6.08 Å². The molecule has 0 aliphatic carbocycles. The third kappa shape index (κ3) is 7.43. The van der Waals surface area contributed by atoms with Gasteiger partial charge in [0.15, 0.2) is 5.78 Å². The molecule has 238 valence electrons. The van der Waals surface area contributed by atoms with Crippen LogP contribution in [0, 0.1) is 13.8 Å². The highest BCUT2D eigenvalue weighted by Crippen LogP contribution is 2.32. The van der Waals surface area contributed by atoms with E-state index in [-0.39, 0.29) is 5.78 Å². The molecule has 3 fully saturated rings. The third-order valence-electron chi connectivity index (χ3n) is 9.80. The van der Waals surface area contributed by atoms with Crippen LogP contribution in [0.25, 0.3) is 17.2 Å². The van der Waals surface area contributed by atoms with Crippen LogP contribution in [0.2, 0.25) is 0 Å². The lowest BCUT2D eigenvalue weighted by Gasteiger charge is -2.37. The number of benzene rings is 3. The summed E-state index contributed by atoms with van der Waals surface area (Å²) in [7, 11) is 6.56. The van der Waals surface area contributed by atoms with Crippen molar-refractivity contribution in [3.05, 3.63) is 82.9 Å². The number of carbonyl (C=O) groups is 1. The molecule has 7 nitrogen and oxygen atoms in total. The van der Waals surface area contributed by atoms with Crippen molar-refractivity contribution < 1.29 is 4.79 Å². The molecule has 3 saturated heterocycles. The average molecular weight is 607 g/mol. The summed E-state index contributed by atoms with van der Waals surface area (Å²) in [6, 6.07) is 19.9. The van der Waals surface area contributed by atoms with Crippen LogP contribution in [-0.2, 0) is 0 Å². The maximum atomic E-state index is 14.2. The molecule has 6 rings (SSSR count). The fourth-order valence-electron chi connectivity index (χ4n) is 6.89. The molecule has 3 aromatic rings. The third-order valence-corrected chi connectivity index (χ3v) is 9.80. The highest BCUT2D eigenvalue weighted by atomic mass is 16.1. The lowest BCUT2D eigenvalue weighted by molar-refractivity contribution is 0.104. The van der Waals surface area contributed by atoms with Gasteiger partial charge in [-0.3, -0.25) is 4.79 Å². The van der Waals surface area contributed by atoms with Gasteiger partial charge in [-0.25, -0.2) is 0 Å². The molecule has 0 amide bonds. The van der Waals surface area contributed by atoms with Gasteiger partial charge >= 0.3 is 0 Å². The Morgan fingerprint density at radius 1 is 0.556 bits per heavy atom. The van der Waals surface area contributed by atoms with Crippen LogP contribution < -0.4 is 14.7 Å². The zero-order valence-electron chi connectivity index (χ0n) is 27.9. The van der Waals surface area contributed by atoms with Crippen LogP contribution in [0.3, 0.4) is 0 Å². The maximum absolute atomic E-state index is 14.2. The zero-order chi connectivity index (χ0) is 31.5. The van der Waals surface area contributed by atoms with E-state index < -0.39 is 0 Å². The van der Waals surface area contributed by atoms with Crippen molar-refractivity contribution in [1.29, 1.82) is 0 Å². The van der Waals surface area contributed by atoms with E-state index in [4.69, 9.17) is 0 Å². The predicted octanol–water partition coefficient (Wildman–Crippen LogP) is 5.12. The standard InChI is InChI=1S/C38H50N6O/c1-29-24-30(2)26-33(25-29)32-7-10-36(43-20-14-40(4)15-21-43)35(27-32)38(45)11-8-31-6-9-34(42-18-12-39(3)13-19-42)28-37(31)44-22-16-41(5)17-23-44/h6-11,24-28H,12-23H2,1-5H3/b11-8+. The van der Waals surface area contributed by atoms with E-state index >= 15 is 0 Å². The van der Waals surface area contributed by atoms with Crippen LogP contribution in [0.4, 0.5) is 17.1 Å². The number of aryl methyl sites for hydroxylation is 2. The van der Waals surface area contributed by atoms with E-state index in [2.05, 4.69) is 125 Å². The highest BCUT2D eigenvalue weighted by Gasteiger charge is 2.22. The van der Waals surface area contributed by atoms with Crippen LogP contribution in [0.5, 0.6) is 0 Å². The van der Waals surface area contributed by atoms with Crippen molar-refractivity contribution >= 4 is 28.9 Å². The van der Waals surface area contributed by atoms with Crippen LogP contribution in [0.1, 0.15) is 27.0 Å². The number of anilines is 3. The maximum Gasteiger partial charge on any atom is 0.187 e. The minimum atomic E-state index is 0.0580. The van der Waals surface area contributed by atoms with Crippen molar-refractivity contribution in [3.8, 4) is 11.1 Å². The topological polar surface area (TPSA) is 36.5 Å². The molecule has 3 aliphatic rings. The normalized spacial score (nSPS) is 19.1. The first-order valence-electron chi connectivity index (χ1n) is 16.6. The number of likely N-dealkylation sites (N-methyl/N-ethyl adjacent to an activating group) is 3. The summed E-state index contributed by atoms with van der Waals surface area (Å²) in [5, 5.41) is 0. The number of rotatable bonds is 7. The molecule has 3 heterocycles. The summed E-state index contributed by atoms with van der Waals surface area (Å²) >= 11 is 0. The number of ketones is 1. The summed E-state index contributed by atoms with van der Waals surface area (Å²) in [5.74, 6) is 0.0580. The van der Waals surface area contributed by atoms with Crippen molar-refractivity contribution in [2.45, 2.75) is 13.8 Å². The van der Waals surface area contributed by atoms with E-state index in [1.54, 1.807) is 0 Å². The minimum Gasteiger partial charge on any atom is -0.369 e. The average Bonchev–Trinajstić information content (AvgIpc) is 3.04. The number of hydrogen-bond donors (Lipinski definition) is 0. The summed E-state index contributed by atoms with van der Waals surface area (Å²) in [5.41, 5.74) is 10.1. The Morgan fingerprint density at radius 3 is 1.67 bits per heavy atom. The van der Waals surface area contributed by atoms with E-state index in [1.165, 1.54) is 22.5 Å². The smallest absolute Gasteiger partial charge is 0.187 e. The molecule has 3 aromatic carbocycles. The number of nitrogens with zero attached hydrogens (tertiary/aromatic N) is 6.